The molecule has 2 amide bonds. The van der Waals surface area contributed by atoms with Gasteiger partial charge in [-0.05, 0) is 57.1 Å². The van der Waals surface area contributed by atoms with Crippen LogP contribution in [0.25, 0.3) is 0 Å². The summed E-state index contributed by atoms with van der Waals surface area (Å²) in [6.45, 7) is 8.02. The lowest BCUT2D eigenvalue weighted by atomic mass is 10.1. The number of likely N-dealkylation sites (N-methyl/N-ethyl adjacent to an activating group) is 1. The van der Waals surface area contributed by atoms with E-state index >= 15 is 0 Å². The van der Waals surface area contributed by atoms with E-state index < -0.39 is 12.0 Å². The molecule has 1 rings (SSSR count). The summed E-state index contributed by atoms with van der Waals surface area (Å²) in [4.78, 5) is 24.8. The largest absolute Gasteiger partial charge is 0.450 e. The summed E-state index contributed by atoms with van der Waals surface area (Å²) < 4.78 is 4.67. The summed E-state index contributed by atoms with van der Waals surface area (Å²) in [5.74, 6) is -0.494. The molecule has 0 fully saturated rings. The number of hydrogen-bond acceptors (Lipinski definition) is 4. The summed E-state index contributed by atoms with van der Waals surface area (Å²) in [6.07, 6.45) is -0.769. The normalized spacial score (nSPS) is 10.0. The quantitative estimate of drug-likeness (QED) is 0.774. The van der Waals surface area contributed by atoms with E-state index in [2.05, 4.69) is 15.4 Å². The third-order valence-corrected chi connectivity index (χ3v) is 3.84. The molecule has 0 heterocycles. The maximum atomic E-state index is 11.9. The zero-order valence-corrected chi connectivity index (χ0v) is 15.8. The van der Waals surface area contributed by atoms with Crippen molar-refractivity contribution in [3.63, 3.8) is 0 Å². The fourth-order valence-corrected chi connectivity index (χ4v) is 2.75. The van der Waals surface area contributed by atoms with Gasteiger partial charge < -0.3 is 15.0 Å². The number of carbonyl (C=O) groups is 2. The molecule has 0 aliphatic heterocycles. The lowest BCUT2D eigenvalue weighted by Gasteiger charge is -2.24. The highest BCUT2D eigenvalue weighted by atomic mass is 35.5. The third-order valence-electron chi connectivity index (χ3n) is 3.18. The summed E-state index contributed by atoms with van der Waals surface area (Å²) in [6, 6.07) is 3.82. The summed E-state index contributed by atoms with van der Waals surface area (Å²) in [5, 5.41) is 6.12. The average molecular weight is 372 g/mol. The first kappa shape index (κ1) is 20.2. The highest BCUT2D eigenvalue weighted by Crippen LogP contribution is 2.27. The highest BCUT2D eigenvalue weighted by Gasteiger charge is 2.16. The van der Waals surface area contributed by atoms with E-state index in [9.17, 15) is 9.59 Å². The van der Waals surface area contributed by atoms with Crippen LogP contribution >= 0.6 is 23.8 Å². The van der Waals surface area contributed by atoms with Crippen LogP contribution in [0.15, 0.2) is 12.1 Å². The lowest BCUT2D eigenvalue weighted by Crippen LogP contribution is -2.44. The Bertz CT molecular complexity index is 614. The van der Waals surface area contributed by atoms with Crippen molar-refractivity contribution < 1.29 is 14.3 Å². The molecule has 24 heavy (non-hydrogen) atoms. The van der Waals surface area contributed by atoms with Crippen molar-refractivity contribution in [1.29, 1.82) is 0 Å². The number of nitrogens with zero attached hydrogens (tertiary/aromatic N) is 1. The Labute approximate surface area is 152 Å². The van der Waals surface area contributed by atoms with Crippen LogP contribution in [0, 0.1) is 13.8 Å². The zero-order valence-electron chi connectivity index (χ0n) is 14.2. The molecule has 0 aromatic heterocycles. The molecular weight excluding hydrogens is 350 g/mol. The SMILES string of the molecule is CCOC(=O)NC(=O)CN(CC)C(=S)Nc1c(C)cc(C)cc1Cl. The van der Waals surface area contributed by atoms with Gasteiger partial charge in [0.2, 0.25) is 5.91 Å². The van der Waals surface area contributed by atoms with Crippen LogP contribution < -0.4 is 10.6 Å². The number of halogens is 1. The van der Waals surface area contributed by atoms with Crippen LogP contribution in [0.1, 0.15) is 25.0 Å². The molecule has 1 aromatic carbocycles. The molecule has 0 spiro atoms. The Morgan fingerprint density at radius 2 is 1.96 bits per heavy atom. The minimum Gasteiger partial charge on any atom is -0.450 e. The molecule has 8 heteroatoms. The standard InChI is InChI=1S/C16H22ClN3O3S/c1-5-20(9-13(21)18-16(22)23-6-2)15(24)19-14-11(4)7-10(3)8-12(14)17/h7-8H,5-6,9H2,1-4H3,(H,19,24)(H,18,21,22). The first-order valence-electron chi connectivity index (χ1n) is 7.57. The van der Waals surface area contributed by atoms with Crippen molar-refractivity contribution >= 4 is 46.6 Å². The summed E-state index contributed by atoms with van der Waals surface area (Å²) in [7, 11) is 0. The van der Waals surface area contributed by atoms with Crippen LogP contribution in [0.5, 0.6) is 0 Å². The molecule has 6 nitrogen and oxygen atoms in total. The van der Waals surface area contributed by atoms with Crippen LogP contribution in [-0.2, 0) is 9.53 Å². The smallest absolute Gasteiger partial charge is 0.413 e. The van der Waals surface area contributed by atoms with Gasteiger partial charge in [-0.15, -0.1) is 0 Å². The number of nitrogens with one attached hydrogen (secondary N) is 2. The molecular formula is C16H22ClN3O3S. The van der Waals surface area contributed by atoms with Crippen LogP contribution in [0.2, 0.25) is 5.02 Å². The molecule has 0 aliphatic carbocycles. The van der Waals surface area contributed by atoms with Gasteiger partial charge in [0, 0.05) is 6.54 Å². The van der Waals surface area contributed by atoms with Crippen molar-refractivity contribution in [1.82, 2.24) is 10.2 Å². The van der Waals surface area contributed by atoms with E-state index in [0.29, 0.717) is 22.4 Å². The second-order valence-electron chi connectivity index (χ2n) is 5.15. The number of alkyl carbamates (subject to hydrolysis) is 1. The van der Waals surface area contributed by atoms with Gasteiger partial charge in [0.1, 0.15) is 0 Å². The van der Waals surface area contributed by atoms with E-state index in [4.69, 9.17) is 23.8 Å². The minimum atomic E-state index is -0.769. The molecule has 0 saturated carbocycles. The second kappa shape index (κ2) is 9.44. The van der Waals surface area contributed by atoms with Crippen molar-refractivity contribution in [2.45, 2.75) is 27.7 Å². The van der Waals surface area contributed by atoms with Gasteiger partial charge in [0.25, 0.3) is 0 Å². The van der Waals surface area contributed by atoms with E-state index in [1.165, 1.54) is 0 Å². The number of benzene rings is 1. The summed E-state index contributed by atoms with van der Waals surface area (Å²) in [5.41, 5.74) is 2.71. The first-order valence-corrected chi connectivity index (χ1v) is 8.36. The van der Waals surface area contributed by atoms with Gasteiger partial charge in [0.15, 0.2) is 5.11 Å². The molecule has 0 saturated heterocycles. The van der Waals surface area contributed by atoms with Gasteiger partial charge >= 0.3 is 6.09 Å². The number of ether oxygens (including phenoxy) is 1. The van der Waals surface area contributed by atoms with Crippen molar-refractivity contribution in [2.24, 2.45) is 0 Å². The predicted molar refractivity (Wildman–Crippen MR) is 99.6 cm³/mol. The summed E-state index contributed by atoms with van der Waals surface area (Å²) >= 11 is 11.6. The number of imide groups is 1. The van der Waals surface area contributed by atoms with Gasteiger partial charge in [-0.25, -0.2) is 4.79 Å². The Morgan fingerprint density at radius 1 is 1.29 bits per heavy atom. The van der Waals surface area contributed by atoms with Crippen molar-refractivity contribution in [2.75, 3.05) is 25.0 Å². The monoisotopic (exact) mass is 371 g/mol. The lowest BCUT2D eigenvalue weighted by molar-refractivity contribution is -0.120. The predicted octanol–water partition coefficient (Wildman–Crippen LogP) is 3.25. The molecule has 0 aliphatic rings. The van der Waals surface area contributed by atoms with E-state index in [0.717, 1.165) is 11.1 Å². The zero-order chi connectivity index (χ0) is 18.3. The first-order chi connectivity index (χ1) is 11.3. The second-order valence-corrected chi connectivity index (χ2v) is 5.95. The highest BCUT2D eigenvalue weighted by molar-refractivity contribution is 7.80. The fourth-order valence-electron chi connectivity index (χ4n) is 2.08. The minimum absolute atomic E-state index is 0.0658. The molecule has 132 valence electrons. The van der Waals surface area contributed by atoms with Crippen LogP contribution in [-0.4, -0.2) is 41.7 Å². The molecule has 0 radical (unpaired) electrons. The van der Waals surface area contributed by atoms with Gasteiger partial charge in [0.05, 0.1) is 23.9 Å². The number of thiocarbonyl (C=S) groups is 1. The van der Waals surface area contributed by atoms with Crippen LogP contribution in [0.4, 0.5) is 10.5 Å². The maximum absolute atomic E-state index is 11.9. The van der Waals surface area contributed by atoms with E-state index in [1.54, 1.807) is 11.8 Å². The third kappa shape index (κ3) is 5.98. The Balaban J connectivity index is 2.74. The van der Waals surface area contributed by atoms with E-state index in [1.807, 2.05) is 32.9 Å². The van der Waals surface area contributed by atoms with E-state index in [-0.39, 0.29) is 13.2 Å². The maximum Gasteiger partial charge on any atom is 0.413 e. The topological polar surface area (TPSA) is 70.7 Å². The Hall–Kier alpha value is -1.86. The average Bonchev–Trinajstić information content (AvgIpc) is 2.48. The Kier molecular flexibility index (Phi) is 7.94. The number of anilines is 1. The molecule has 0 unspecified atom stereocenters. The fraction of sp³-hybridized carbons (Fsp3) is 0.438. The number of aryl methyl sites for hydroxylation is 2. The van der Waals surface area contributed by atoms with Gasteiger partial charge in [-0.1, -0.05) is 17.7 Å². The number of rotatable bonds is 5. The molecule has 0 atom stereocenters. The van der Waals surface area contributed by atoms with Gasteiger partial charge in [-0.3, -0.25) is 10.1 Å². The number of hydrogen-bond donors (Lipinski definition) is 2. The number of amides is 2. The van der Waals surface area contributed by atoms with Crippen molar-refractivity contribution in [3.05, 3.63) is 28.3 Å². The van der Waals surface area contributed by atoms with Gasteiger partial charge in [-0.2, -0.15) is 0 Å². The molecule has 2 N–H and O–H groups in total. The number of carbonyl (C=O) groups excluding carboxylic acids is 2. The molecule has 1 aromatic rings. The molecule has 0 bridgehead atoms. The van der Waals surface area contributed by atoms with Crippen LogP contribution in [0.3, 0.4) is 0 Å². The Morgan fingerprint density at radius 3 is 2.50 bits per heavy atom. The van der Waals surface area contributed by atoms with Crippen molar-refractivity contribution in [3.8, 4) is 0 Å².